The maximum Gasteiger partial charge on any atom is 0.228 e. The van der Waals surface area contributed by atoms with Crippen molar-refractivity contribution in [3.63, 3.8) is 0 Å². The normalized spacial score (nSPS) is 44.1. The number of hydrogen-bond acceptors (Lipinski definition) is 12. The van der Waals surface area contributed by atoms with Gasteiger partial charge in [0.15, 0.2) is 17.9 Å². The highest BCUT2D eigenvalue weighted by molar-refractivity contribution is 6.14. The average Bonchev–Trinajstić information content (AvgIpc) is 2.91. The molecule has 3 fully saturated rings. The van der Waals surface area contributed by atoms with Gasteiger partial charge in [0, 0.05) is 35.8 Å². The molecule has 0 aromatic carbocycles. The molecule has 5 rings (SSSR count). The molecule has 5 aliphatic rings. The summed E-state index contributed by atoms with van der Waals surface area (Å²) in [6.45, 7) is 1.09. The van der Waals surface area contributed by atoms with Gasteiger partial charge >= 0.3 is 0 Å². The first-order valence-electron chi connectivity index (χ1n) is 13.2. The zero-order chi connectivity index (χ0) is 27.3. The molecule has 12 nitrogen and oxygen atoms in total. The van der Waals surface area contributed by atoms with Crippen LogP contribution in [-0.4, -0.2) is 111 Å². The summed E-state index contributed by atoms with van der Waals surface area (Å²) < 4.78 is 22.3. The van der Waals surface area contributed by atoms with Gasteiger partial charge in [0.2, 0.25) is 6.29 Å². The molecule has 12 heteroatoms. The molecule has 6 N–H and O–H groups in total. The Morgan fingerprint density at radius 3 is 2.05 bits per heavy atom. The van der Waals surface area contributed by atoms with Crippen molar-refractivity contribution in [2.24, 2.45) is 11.8 Å². The minimum atomic E-state index is -1.66. The fourth-order valence-corrected chi connectivity index (χ4v) is 6.12. The molecular formula is C26H36O12. The van der Waals surface area contributed by atoms with Gasteiger partial charge in [0.05, 0.1) is 13.2 Å². The van der Waals surface area contributed by atoms with E-state index in [0.29, 0.717) is 28.9 Å². The number of fused-ring (bicyclic) bond motifs is 1. The molecule has 212 valence electrons. The number of aliphatic hydroxyl groups excluding tert-OH is 6. The van der Waals surface area contributed by atoms with E-state index in [2.05, 4.69) is 0 Å². The van der Waals surface area contributed by atoms with Gasteiger partial charge in [0.25, 0.3) is 0 Å². The quantitative estimate of drug-likeness (QED) is 0.239. The lowest BCUT2D eigenvalue weighted by atomic mass is 9.65. The summed E-state index contributed by atoms with van der Waals surface area (Å²) >= 11 is 0. The van der Waals surface area contributed by atoms with Gasteiger partial charge in [-0.3, -0.25) is 9.59 Å². The molecule has 0 bridgehead atoms. The van der Waals surface area contributed by atoms with E-state index in [1.165, 1.54) is 0 Å². The van der Waals surface area contributed by atoms with Crippen LogP contribution in [0.3, 0.4) is 0 Å². The molecule has 2 heterocycles. The maximum absolute atomic E-state index is 13.3. The van der Waals surface area contributed by atoms with Crippen LogP contribution in [0.4, 0.5) is 0 Å². The molecule has 38 heavy (non-hydrogen) atoms. The van der Waals surface area contributed by atoms with Crippen molar-refractivity contribution in [3.05, 3.63) is 22.5 Å². The lowest BCUT2D eigenvalue weighted by Gasteiger charge is -2.42. The topological polar surface area (TPSA) is 192 Å². The zero-order valence-corrected chi connectivity index (χ0v) is 21.1. The van der Waals surface area contributed by atoms with Crippen LogP contribution in [0.2, 0.25) is 0 Å². The Morgan fingerprint density at radius 1 is 0.789 bits per heavy atom. The third-order valence-electron chi connectivity index (χ3n) is 8.46. The van der Waals surface area contributed by atoms with Crippen molar-refractivity contribution < 1.29 is 59.2 Å². The van der Waals surface area contributed by atoms with Crippen LogP contribution >= 0.6 is 0 Å². The van der Waals surface area contributed by atoms with Crippen molar-refractivity contribution in [2.45, 2.75) is 101 Å². The first kappa shape index (κ1) is 27.8. The summed E-state index contributed by atoms with van der Waals surface area (Å²) in [6, 6.07) is 0. The molecule has 11 atom stereocenters. The van der Waals surface area contributed by atoms with Crippen LogP contribution in [-0.2, 0) is 28.5 Å². The van der Waals surface area contributed by atoms with Gasteiger partial charge in [-0.1, -0.05) is 12.8 Å². The van der Waals surface area contributed by atoms with Crippen LogP contribution in [0.15, 0.2) is 22.5 Å². The highest BCUT2D eigenvalue weighted by Gasteiger charge is 2.48. The molecule has 0 aromatic rings. The Balaban J connectivity index is 1.26. The Hall–Kier alpha value is -1.74. The third-order valence-corrected chi connectivity index (χ3v) is 8.46. The number of rotatable bonds is 5. The number of allylic oxidation sites excluding steroid dienone is 3. The van der Waals surface area contributed by atoms with E-state index >= 15 is 0 Å². The van der Waals surface area contributed by atoms with E-state index < -0.39 is 61.9 Å². The summed E-state index contributed by atoms with van der Waals surface area (Å²) in [5.41, 5.74) is 1.68. The Bertz CT molecular complexity index is 1010. The van der Waals surface area contributed by atoms with Crippen LogP contribution in [0.5, 0.6) is 0 Å². The van der Waals surface area contributed by atoms with Gasteiger partial charge in [0.1, 0.15) is 48.5 Å². The van der Waals surface area contributed by atoms with Crippen LogP contribution < -0.4 is 0 Å². The number of aliphatic hydroxyl groups is 6. The zero-order valence-electron chi connectivity index (χ0n) is 21.1. The Morgan fingerprint density at radius 2 is 1.39 bits per heavy atom. The minimum Gasteiger partial charge on any atom is -0.466 e. The van der Waals surface area contributed by atoms with Crippen LogP contribution in [0.25, 0.3) is 0 Å². The van der Waals surface area contributed by atoms with Crippen molar-refractivity contribution in [1.29, 1.82) is 0 Å². The number of ketones is 2. The number of ether oxygens (including phenoxy) is 4. The van der Waals surface area contributed by atoms with E-state index in [0.717, 1.165) is 19.3 Å². The second kappa shape index (κ2) is 11.0. The number of carbonyl (C=O) groups is 2. The fourth-order valence-electron chi connectivity index (χ4n) is 6.12. The predicted molar refractivity (Wildman–Crippen MR) is 126 cm³/mol. The van der Waals surface area contributed by atoms with Crippen molar-refractivity contribution in [2.75, 3.05) is 13.2 Å². The summed E-state index contributed by atoms with van der Waals surface area (Å²) in [5.74, 6) is -0.182. The SMILES string of the molecule is CC1=C(O[C@@H]2O[C@H](CO[C@@H]3OC[C@@H](O)[C@H](O)[C@H]3O)[C@@H](O)[C@H](O)[C@H]2O)CC2=C(C1)C(=O)C1CCCCC1C2=O. The highest BCUT2D eigenvalue weighted by atomic mass is 16.7. The molecule has 3 aliphatic carbocycles. The van der Waals surface area contributed by atoms with E-state index in [1.54, 1.807) is 6.92 Å². The molecule has 0 radical (unpaired) electrons. The third kappa shape index (κ3) is 4.98. The Kier molecular flexibility index (Phi) is 8.07. The second-order valence-electron chi connectivity index (χ2n) is 11.0. The van der Waals surface area contributed by atoms with Crippen molar-refractivity contribution in [1.82, 2.24) is 0 Å². The summed E-state index contributed by atoms with van der Waals surface area (Å²) in [7, 11) is 0. The summed E-state index contributed by atoms with van der Waals surface area (Å²) in [6.07, 6.45) is -9.54. The summed E-state index contributed by atoms with van der Waals surface area (Å²) in [4.78, 5) is 26.4. The van der Waals surface area contributed by atoms with Crippen LogP contribution in [0, 0.1) is 11.8 Å². The van der Waals surface area contributed by atoms with E-state index in [1.807, 2.05) is 0 Å². The lowest BCUT2D eigenvalue weighted by Crippen LogP contribution is -2.60. The number of carbonyl (C=O) groups excluding carboxylic acids is 2. The smallest absolute Gasteiger partial charge is 0.228 e. The van der Waals surface area contributed by atoms with Gasteiger partial charge in [-0.15, -0.1) is 0 Å². The molecular weight excluding hydrogens is 504 g/mol. The number of Topliss-reactive ketones (excluding diaryl/α,β-unsaturated/α-hetero) is 2. The van der Waals surface area contributed by atoms with Crippen LogP contribution in [0.1, 0.15) is 45.4 Å². The standard InChI is InChI=1S/C26H36O12/c1-10-6-13-14(19(29)12-5-3-2-4-11(12)18(13)28)7-16(10)37-26-24(34)22(32)21(31)17(38-26)9-36-25-23(33)20(30)15(27)8-35-25/h11-12,15,17,20-27,30-34H,2-9H2,1H3/t11?,12?,15-,17-,20+,21-,22+,23-,24-,25+,26-/m1/s1. The van der Waals surface area contributed by atoms with Crippen molar-refractivity contribution in [3.8, 4) is 0 Å². The molecule has 0 spiro atoms. The second-order valence-corrected chi connectivity index (χ2v) is 11.0. The minimum absolute atomic E-state index is 0.0249. The first-order chi connectivity index (χ1) is 18.1. The van der Waals surface area contributed by atoms with Gasteiger partial charge < -0.3 is 49.6 Å². The number of hydrogen-bond donors (Lipinski definition) is 6. The molecule has 2 unspecified atom stereocenters. The lowest BCUT2D eigenvalue weighted by molar-refractivity contribution is -0.315. The largest absolute Gasteiger partial charge is 0.466 e. The van der Waals surface area contributed by atoms with E-state index in [4.69, 9.17) is 18.9 Å². The van der Waals surface area contributed by atoms with Gasteiger partial charge in [-0.05, 0) is 25.3 Å². The summed E-state index contributed by atoms with van der Waals surface area (Å²) in [5, 5.41) is 60.9. The predicted octanol–water partition coefficient (Wildman–Crippen LogP) is -1.41. The van der Waals surface area contributed by atoms with Crippen molar-refractivity contribution >= 4 is 11.6 Å². The van der Waals surface area contributed by atoms with Gasteiger partial charge in [-0.25, -0.2) is 0 Å². The maximum atomic E-state index is 13.3. The monoisotopic (exact) mass is 540 g/mol. The molecule has 2 saturated heterocycles. The average molecular weight is 541 g/mol. The molecule has 0 amide bonds. The molecule has 1 saturated carbocycles. The van der Waals surface area contributed by atoms with E-state index in [-0.39, 0.29) is 42.9 Å². The van der Waals surface area contributed by atoms with E-state index in [9.17, 15) is 40.2 Å². The highest BCUT2D eigenvalue weighted by Crippen LogP contribution is 2.45. The Labute approximate surface area is 219 Å². The molecule has 0 aromatic heterocycles. The van der Waals surface area contributed by atoms with Gasteiger partial charge in [-0.2, -0.15) is 0 Å². The molecule has 2 aliphatic heterocycles. The fraction of sp³-hybridized carbons (Fsp3) is 0.769. The first-order valence-corrected chi connectivity index (χ1v) is 13.2.